The lowest BCUT2D eigenvalue weighted by Gasteiger charge is -2.20. The molecule has 0 saturated heterocycles. The van der Waals surface area contributed by atoms with Crippen LogP contribution in [0.3, 0.4) is 0 Å². The molecule has 0 radical (unpaired) electrons. The predicted octanol–water partition coefficient (Wildman–Crippen LogP) is 1.70. The fraction of sp³-hybridized carbons (Fsp3) is 0.500. The standard InChI is InChI=1S/C12H18ClNO2/c1-7-5-9(10(13)6-8(7)2)12(16)11(14)3-4-15/h5-6,11-12,15-16H,3-4,14H2,1-2H3. The minimum Gasteiger partial charge on any atom is -0.396 e. The minimum atomic E-state index is -0.834. The Kier molecular flexibility index (Phi) is 4.74. The monoisotopic (exact) mass is 243 g/mol. The van der Waals surface area contributed by atoms with Crippen molar-refractivity contribution in [3.63, 3.8) is 0 Å². The summed E-state index contributed by atoms with van der Waals surface area (Å²) in [4.78, 5) is 0. The fourth-order valence-electron chi connectivity index (χ4n) is 1.57. The Morgan fingerprint density at radius 3 is 2.44 bits per heavy atom. The number of nitrogens with two attached hydrogens (primary N) is 1. The molecule has 90 valence electrons. The normalized spacial score (nSPS) is 14.9. The van der Waals surface area contributed by atoms with Crippen LogP contribution < -0.4 is 5.73 Å². The second-order valence-electron chi connectivity index (χ2n) is 4.08. The van der Waals surface area contributed by atoms with E-state index < -0.39 is 12.1 Å². The zero-order chi connectivity index (χ0) is 12.3. The molecule has 0 spiro atoms. The second-order valence-corrected chi connectivity index (χ2v) is 4.49. The number of benzene rings is 1. The summed E-state index contributed by atoms with van der Waals surface area (Å²) in [6.45, 7) is 3.88. The van der Waals surface area contributed by atoms with Crippen LogP contribution >= 0.6 is 11.6 Å². The van der Waals surface area contributed by atoms with Gasteiger partial charge in [0.05, 0.1) is 6.10 Å². The first-order chi connectivity index (χ1) is 7.47. The predicted molar refractivity (Wildman–Crippen MR) is 65.6 cm³/mol. The molecule has 2 unspecified atom stereocenters. The van der Waals surface area contributed by atoms with Gasteiger partial charge in [-0.3, -0.25) is 0 Å². The number of aliphatic hydroxyl groups is 2. The van der Waals surface area contributed by atoms with Crippen LogP contribution in [0.5, 0.6) is 0 Å². The third-order valence-electron chi connectivity index (χ3n) is 2.80. The zero-order valence-electron chi connectivity index (χ0n) is 9.57. The lowest BCUT2D eigenvalue weighted by atomic mass is 9.97. The highest BCUT2D eigenvalue weighted by atomic mass is 35.5. The lowest BCUT2D eigenvalue weighted by Crippen LogP contribution is -2.29. The van der Waals surface area contributed by atoms with E-state index in [9.17, 15) is 5.11 Å². The maximum Gasteiger partial charge on any atom is 0.0956 e. The van der Waals surface area contributed by atoms with Crippen molar-refractivity contribution in [2.24, 2.45) is 5.73 Å². The van der Waals surface area contributed by atoms with E-state index in [1.165, 1.54) is 0 Å². The summed E-state index contributed by atoms with van der Waals surface area (Å²) in [7, 11) is 0. The Balaban J connectivity index is 2.99. The van der Waals surface area contributed by atoms with Crippen molar-refractivity contribution in [3.05, 3.63) is 33.8 Å². The van der Waals surface area contributed by atoms with Crippen LogP contribution in [-0.2, 0) is 0 Å². The number of rotatable bonds is 4. The van der Waals surface area contributed by atoms with E-state index >= 15 is 0 Å². The van der Waals surface area contributed by atoms with Gasteiger partial charge in [-0.05, 0) is 37.5 Å². The van der Waals surface area contributed by atoms with E-state index in [0.29, 0.717) is 17.0 Å². The Hall–Kier alpha value is -0.610. The molecular weight excluding hydrogens is 226 g/mol. The molecule has 0 amide bonds. The van der Waals surface area contributed by atoms with Crippen molar-refractivity contribution in [2.45, 2.75) is 32.4 Å². The molecule has 0 heterocycles. The average molecular weight is 244 g/mol. The summed E-state index contributed by atoms with van der Waals surface area (Å²) in [5.74, 6) is 0. The molecular formula is C12H18ClNO2. The van der Waals surface area contributed by atoms with Crippen molar-refractivity contribution >= 4 is 11.6 Å². The van der Waals surface area contributed by atoms with Crippen LogP contribution in [0.25, 0.3) is 0 Å². The van der Waals surface area contributed by atoms with Crippen molar-refractivity contribution in [2.75, 3.05) is 6.61 Å². The molecule has 2 atom stereocenters. The molecule has 4 N–H and O–H groups in total. The van der Waals surface area contributed by atoms with E-state index in [0.717, 1.165) is 11.1 Å². The van der Waals surface area contributed by atoms with Gasteiger partial charge in [0.25, 0.3) is 0 Å². The van der Waals surface area contributed by atoms with Gasteiger partial charge in [-0.2, -0.15) is 0 Å². The molecule has 16 heavy (non-hydrogen) atoms. The van der Waals surface area contributed by atoms with Crippen LogP contribution in [0.1, 0.15) is 29.2 Å². The highest BCUT2D eigenvalue weighted by Gasteiger charge is 2.19. The van der Waals surface area contributed by atoms with Crippen molar-refractivity contribution < 1.29 is 10.2 Å². The fourth-order valence-corrected chi connectivity index (χ4v) is 1.90. The van der Waals surface area contributed by atoms with Crippen LogP contribution in [0.15, 0.2) is 12.1 Å². The SMILES string of the molecule is Cc1cc(Cl)c(C(O)C(N)CCO)cc1C. The quantitative estimate of drug-likeness (QED) is 0.754. The van der Waals surface area contributed by atoms with E-state index in [4.69, 9.17) is 22.4 Å². The molecule has 0 aliphatic heterocycles. The molecule has 1 rings (SSSR count). The third-order valence-corrected chi connectivity index (χ3v) is 3.13. The largest absolute Gasteiger partial charge is 0.396 e. The van der Waals surface area contributed by atoms with E-state index in [1.54, 1.807) is 0 Å². The van der Waals surface area contributed by atoms with Crippen LogP contribution in [0.4, 0.5) is 0 Å². The Morgan fingerprint density at radius 2 is 1.88 bits per heavy atom. The molecule has 1 aromatic rings. The molecule has 1 aromatic carbocycles. The summed E-state index contributed by atoms with van der Waals surface area (Å²) in [5, 5.41) is 19.3. The number of halogens is 1. The molecule has 3 nitrogen and oxygen atoms in total. The summed E-state index contributed by atoms with van der Waals surface area (Å²) >= 11 is 6.06. The van der Waals surface area contributed by atoms with Crippen LogP contribution in [0.2, 0.25) is 5.02 Å². The van der Waals surface area contributed by atoms with Crippen molar-refractivity contribution in [1.29, 1.82) is 0 Å². The first kappa shape index (κ1) is 13.5. The van der Waals surface area contributed by atoms with E-state index in [1.807, 2.05) is 26.0 Å². The van der Waals surface area contributed by atoms with Gasteiger partial charge in [-0.25, -0.2) is 0 Å². The highest BCUT2D eigenvalue weighted by Crippen LogP contribution is 2.28. The van der Waals surface area contributed by atoms with Gasteiger partial charge in [0.15, 0.2) is 0 Å². The Morgan fingerprint density at radius 1 is 1.31 bits per heavy atom. The van der Waals surface area contributed by atoms with Gasteiger partial charge < -0.3 is 15.9 Å². The second kappa shape index (κ2) is 5.64. The summed E-state index contributed by atoms with van der Waals surface area (Å²) < 4.78 is 0. The molecule has 0 fully saturated rings. The molecule has 0 aliphatic carbocycles. The molecule has 0 aliphatic rings. The minimum absolute atomic E-state index is 0.0410. The molecule has 4 heteroatoms. The Labute approximate surface area is 101 Å². The topological polar surface area (TPSA) is 66.5 Å². The van der Waals surface area contributed by atoms with Crippen LogP contribution in [-0.4, -0.2) is 22.9 Å². The number of aliphatic hydroxyl groups excluding tert-OH is 2. The van der Waals surface area contributed by atoms with Gasteiger partial charge >= 0.3 is 0 Å². The van der Waals surface area contributed by atoms with E-state index in [-0.39, 0.29) is 6.61 Å². The molecule has 0 bridgehead atoms. The van der Waals surface area contributed by atoms with Gasteiger partial charge in [-0.1, -0.05) is 17.7 Å². The highest BCUT2D eigenvalue weighted by molar-refractivity contribution is 6.31. The molecule has 0 saturated carbocycles. The zero-order valence-corrected chi connectivity index (χ0v) is 10.3. The number of hydrogen-bond acceptors (Lipinski definition) is 3. The van der Waals surface area contributed by atoms with Gasteiger partial charge in [0.2, 0.25) is 0 Å². The summed E-state index contributed by atoms with van der Waals surface area (Å²) in [6.07, 6.45) is -0.483. The van der Waals surface area contributed by atoms with Crippen LogP contribution in [0, 0.1) is 13.8 Å². The first-order valence-corrected chi connectivity index (χ1v) is 5.66. The summed E-state index contributed by atoms with van der Waals surface area (Å²) in [5.41, 5.74) is 8.52. The van der Waals surface area contributed by atoms with Gasteiger partial charge in [0, 0.05) is 23.2 Å². The summed E-state index contributed by atoms with van der Waals surface area (Å²) in [6, 6.07) is 3.17. The smallest absolute Gasteiger partial charge is 0.0956 e. The Bertz CT molecular complexity index is 368. The van der Waals surface area contributed by atoms with Gasteiger partial charge in [0.1, 0.15) is 0 Å². The lowest BCUT2D eigenvalue weighted by molar-refractivity contribution is 0.129. The molecule has 0 aromatic heterocycles. The van der Waals surface area contributed by atoms with Gasteiger partial charge in [-0.15, -0.1) is 0 Å². The van der Waals surface area contributed by atoms with E-state index in [2.05, 4.69) is 0 Å². The maximum atomic E-state index is 10.00. The first-order valence-electron chi connectivity index (χ1n) is 5.28. The number of hydrogen-bond donors (Lipinski definition) is 3. The number of aryl methyl sites for hydroxylation is 2. The average Bonchev–Trinajstić information content (AvgIpc) is 2.23. The third kappa shape index (κ3) is 2.95. The maximum absolute atomic E-state index is 10.00. The van der Waals surface area contributed by atoms with Crippen molar-refractivity contribution in [1.82, 2.24) is 0 Å². The van der Waals surface area contributed by atoms with Crippen molar-refractivity contribution in [3.8, 4) is 0 Å².